The minimum atomic E-state index is 0.785. The van der Waals surface area contributed by atoms with Gasteiger partial charge in [0.15, 0.2) is 5.65 Å². The van der Waals surface area contributed by atoms with E-state index in [4.69, 9.17) is 11.6 Å². The Morgan fingerprint density at radius 2 is 2.18 bits per heavy atom. The van der Waals surface area contributed by atoms with Gasteiger partial charge in [0.2, 0.25) is 0 Å². The third-order valence-corrected chi connectivity index (χ3v) is 4.31. The number of imidazole rings is 1. The number of hydrogen-bond donors (Lipinski definition) is 0. The Labute approximate surface area is 116 Å². The first-order chi connectivity index (χ1) is 8.13. The molecule has 0 spiro atoms. The van der Waals surface area contributed by atoms with E-state index in [9.17, 15) is 0 Å². The highest BCUT2D eigenvalue weighted by Crippen LogP contribution is 2.31. The molecule has 0 saturated heterocycles. The van der Waals surface area contributed by atoms with Gasteiger partial charge in [-0.25, -0.2) is 4.98 Å². The minimum Gasteiger partial charge on any atom is -0.305 e. The molecule has 5 heteroatoms. The largest absolute Gasteiger partial charge is 0.305 e. The number of aryl methyl sites for hydroxylation is 1. The molecule has 17 heavy (non-hydrogen) atoms. The molecule has 0 bridgehead atoms. The average Bonchev–Trinajstić information content (AvgIpc) is 2.83. The van der Waals surface area contributed by atoms with Gasteiger partial charge in [0.05, 0.1) is 19.4 Å². The van der Waals surface area contributed by atoms with E-state index in [2.05, 4.69) is 40.1 Å². The van der Waals surface area contributed by atoms with E-state index in [1.807, 2.05) is 22.7 Å². The highest BCUT2D eigenvalue weighted by atomic mass is 79.9. The maximum absolute atomic E-state index is 5.94. The highest BCUT2D eigenvalue weighted by molar-refractivity contribution is 9.10. The van der Waals surface area contributed by atoms with Crippen LogP contribution in [0.4, 0.5) is 0 Å². The molecule has 86 valence electrons. The molecular weight excluding hydrogens is 320 g/mol. The zero-order chi connectivity index (χ0) is 12.0. The monoisotopic (exact) mass is 326 g/mol. The number of rotatable bonds is 1. The predicted octanol–water partition coefficient (Wildman–Crippen LogP) is 4.79. The molecule has 0 unspecified atom stereocenters. The van der Waals surface area contributed by atoms with Crippen molar-refractivity contribution >= 4 is 44.5 Å². The Kier molecular flexibility index (Phi) is 2.73. The lowest BCUT2D eigenvalue weighted by Crippen LogP contribution is -1.85. The molecule has 3 heterocycles. The maximum atomic E-state index is 5.94. The molecule has 0 radical (unpaired) electrons. The van der Waals surface area contributed by atoms with Crippen molar-refractivity contribution in [3.05, 3.63) is 45.0 Å². The van der Waals surface area contributed by atoms with Crippen LogP contribution in [0.3, 0.4) is 0 Å². The first-order valence-corrected chi connectivity index (χ1v) is 7.03. The molecule has 0 saturated carbocycles. The first-order valence-electron chi connectivity index (χ1n) is 5.04. The van der Waals surface area contributed by atoms with Gasteiger partial charge in [0.1, 0.15) is 0 Å². The SMILES string of the molecule is Cc1cc(Br)c2nc(-c3ccc(Cl)s3)cn2c1. The zero-order valence-electron chi connectivity index (χ0n) is 8.95. The van der Waals surface area contributed by atoms with Crippen LogP contribution in [-0.4, -0.2) is 9.38 Å². The number of fused-ring (bicyclic) bond motifs is 1. The van der Waals surface area contributed by atoms with Crippen LogP contribution in [0.5, 0.6) is 0 Å². The van der Waals surface area contributed by atoms with Crippen molar-refractivity contribution in [2.24, 2.45) is 0 Å². The van der Waals surface area contributed by atoms with E-state index >= 15 is 0 Å². The Hall–Kier alpha value is -0.840. The molecule has 0 aliphatic rings. The molecule has 0 amide bonds. The van der Waals surface area contributed by atoms with Gasteiger partial charge in [-0.15, -0.1) is 11.3 Å². The third kappa shape index (κ3) is 2.01. The molecule has 3 aromatic heterocycles. The van der Waals surface area contributed by atoms with Crippen LogP contribution in [0.15, 0.2) is 35.1 Å². The standard InChI is InChI=1S/C12H8BrClN2S/c1-7-4-8(13)12-15-9(6-16(12)5-7)10-2-3-11(14)17-10/h2-6H,1H3. The summed E-state index contributed by atoms with van der Waals surface area (Å²) >= 11 is 11.0. The van der Waals surface area contributed by atoms with Crippen molar-refractivity contribution in [3.8, 4) is 10.6 Å². The van der Waals surface area contributed by atoms with Gasteiger partial charge >= 0.3 is 0 Å². The Bertz CT molecular complexity index is 702. The lowest BCUT2D eigenvalue weighted by atomic mass is 10.3. The van der Waals surface area contributed by atoms with E-state index < -0.39 is 0 Å². The number of nitrogens with zero attached hydrogens (tertiary/aromatic N) is 2. The number of thiophene rings is 1. The molecular formula is C12H8BrClN2S. The van der Waals surface area contributed by atoms with Crippen LogP contribution in [0.1, 0.15) is 5.56 Å². The third-order valence-electron chi connectivity index (χ3n) is 2.47. The van der Waals surface area contributed by atoms with Gasteiger partial charge in [-0.2, -0.15) is 0 Å². The zero-order valence-corrected chi connectivity index (χ0v) is 12.1. The molecule has 0 aliphatic heterocycles. The normalized spacial score (nSPS) is 11.2. The Morgan fingerprint density at radius 3 is 2.88 bits per heavy atom. The van der Waals surface area contributed by atoms with Crippen molar-refractivity contribution in [2.45, 2.75) is 6.92 Å². The van der Waals surface area contributed by atoms with Crippen molar-refractivity contribution in [1.29, 1.82) is 0 Å². The second kappa shape index (κ2) is 4.12. The molecule has 2 nitrogen and oxygen atoms in total. The van der Waals surface area contributed by atoms with Gasteiger partial charge in [0, 0.05) is 12.4 Å². The number of aromatic nitrogens is 2. The first kappa shape index (κ1) is 11.3. The summed E-state index contributed by atoms with van der Waals surface area (Å²) in [7, 11) is 0. The molecule has 3 aromatic rings. The summed E-state index contributed by atoms with van der Waals surface area (Å²) in [4.78, 5) is 5.69. The van der Waals surface area contributed by atoms with Crippen LogP contribution in [-0.2, 0) is 0 Å². The van der Waals surface area contributed by atoms with Crippen LogP contribution in [0.25, 0.3) is 16.2 Å². The van der Waals surface area contributed by atoms with Crippen molar-refractivity contribution < 1.29 is 0 Å². The van der Waals surface area contributed by atoms with Crippen LogP contribution >= 0.6 is 38.9 Å². The maximum Gasteiger partial charge on any atom is 0.151 e. The Morgan fingerprint density at radius 1 is 1.35 bits per heavy atom. The van der Waals surface area contributed by atoms with E-state index in [0.29, 0.717) is 0 Å². The fraction of sp³-hybridized carbons (Fsp3) is 0.0833. The molecule has 0 fully saturated rings. The number of pyridine rings is 1. The van der Waals surface area contributed by atoms with Crippen LogP contribution in [0, 0.1) is 6.92 Å². The van der Waals surface area contributed by atoms with Gasteiger partial charge in [-0.1, -0.05) is 11.6 Å². The lowest BCUT2D eigenvalue weighted by molar-refractivity contribution is 1.15. The highest BCUT2D eigenvalue weighted by Gasteiger charge is 2.09. The summed E-state index contributed by atoms with van der Waals surface area (Å²) < 4.78 is 3.82. The van der Waals surface area contributed by atoms with Gasteiger partial charge in [-0.3, -0.25) is 0 Å². The van der Waals surface area contributed by atoms with Crippen LogP contribution in [0.2, 0.25) is 4.34 Å². The average molecular weight is 328 g/mol. The summed E-state index contributed by atoms with van der Waals surface area (Å²) in [5.74, 6) is 0. The summed E-state index contributed by atoms with van der Waals surface area (Å²) in [6.07, 6.45) is 4.08. The fourth-order valence-electron chi connectivity index (χ4n) is 1.76. The second-order valence-corrected chi connectivity index (χ2v) is 6.40. The second-order valence-electron chi connectivity index (χ2n) is 3.83. The van der Waals surface area contributed by atoms with E-state index in [0.717, 1.165) is 25.0 Å². The van der Waals surface area contributed by atoms with Crippen molar-refractivity contribution in [1.82, 2.24) is 9.38 Å². The van der Waals surface area contributed by atoms with Gasteiger partial charge < -0.3 is 4.40 Å². The summed E-state index contributed by atoms with van der Waals surface area (Å²) in [6.45, 7) is 2.06. The van der Waals surface area contributed by atoms with Gasteiger partial charge in [-0.05, 0) is 46.6 Å². The van der Waals surface area contributed by atoms with Crippen molar-refractivity contribution in [3.63, 3.8) is 0 Å². The Balaban J connectivity index is 2.23. The minimum absolute atomic E-state index is 0.785. The van der Waals surface area contributed by atoms with Crippen LogP contribution < -0.4 is 0 Å². The predicted molar refractivity (Wildman–Crippen MR) is 76.0 cm³/mol. The molecule has 3 rings (SSSR count). The fourth-order valence-corrected chi connectivity index (χ4v) is 3.41. The summed E-state index contributed by atoms with van der Waals surface area (Å²) in [5.41, 5.74) is 3.07. The summed E-state index contributed by atoms with van der Waals surface area (Å²) in [6, 6.07) is 5.95. The van der Waals surface area contributed by atoms with E-state index in [-0.39, 0.29) is 0 Å². The number of halogens is 2. The van der Waals surface area contributed by atoms with E-state index in [1.165, 1.54) is 5.56 Å². The number of hydrogen-bond acceptors (Lipinski definition) is 2. The molecule has 0 aromatic carbocycles. The molecule has 0 N–H and O–H groups in total. The molecule has 0 atom stereocenters. The van der Waals surface area contributed by atoms with Gasteiger partial charge in [0.25, 0.3) is 0 Å². The summed E-state index contributed by atoms with van der Waals surface area (Å²) in [5, 5.41) is 0. The smallest absolute Gasteiger partial charge is 0.151 e. The lowest BCUT2D eigenvalue weighted by Gasteiger charge is -1.97. The van der Waals surface area contributed by atoms with E-state index in [1.54, 1.807) is 11.3 Å². The topological polar surface area (TPSA) is 17.3 Å². The molecule has 0 aliphatic carbocycles. The van der Waals surface area contributed by atoms with Crippen molar-refractivity contribution in [2.75, 3.05) is 0 Å². The quantitative estimate of drug-likeness (QED) is 0.628.